The number of methoxy groups -OCH3 is 1. The van der Waals surface area contributed by atoms with Gasteiger partial charge in [0.05, 0.1) is 7.11 Å². The molecule has 0 aliphatic heterocycles. The summed E-state index contributed by atoms with van der Waals surface area (Å²) in [6, 6.07) is 10.1. The fourth-order valence-corrected chi connectivity index (χ4v) is 2.57. The van der Waals surface area contributed by atoms with Gasteiger partial charge in [0.2, 0.25) is 0 Å². The van der Waals surface area contributed by atoms with Crippen molar-refractivity contribution in [2.75, 3.05) is 14.2 Å². The molecule has 0 bridgehead atoms. The SMILES string of the molecule is CNC(Cc1ccccc1)C1(O)CC=CC=C1OC. The summed E-state index contributed by atoms with van der Waals surface area (Å²) >= 11 is 0. The average Bonchev–Trinajstić information content (AvgIpc) is 2.46. The van der Waals surface area contributed by atoms with Gasteiger partial charge in [0.25, 0.3) is 0 Å². The molecule has 1 aliphatic carbocycles. The third-order valence-electron chi connectivity index (χ3n) is 3.67. The van der Waals surface area contributed by atoms with Gasteiger partial charge in [-0.25, -0.2) is 0 Å². The summed E-state index contributed by atoms with van der Waals surface area (Å²) in [5.41, 5.74) is 0.203. The van der Waals surface area contributed by atoms with Gasteiger partial charge >= 0.3 is 0 Å². The second kappa shape index (κ2) is 6.04. The fourth-order valence-electron chi connectivity index (χ4n) is 2.57. The molecule has 2 atom stereocenters. The summed E-state index contributed by atoms with van der Waals surface area (Å²) in [7, 11) is 3.47. The van der Waals surface area contributed by atoms with E-state index in [2.05, 4.69) is 17.4 Å². The van der Waals surface area contributed by atoms with Crippen molar-refractivity contribution in [1.82, 2.24) is 5.32 Å². The topological polar surface area (TPSA) is 41.5 Å². The van der Waals surface area contributed by atoms with E-state index in [1.54, 1.807) is 7.11 Å². The molecule has 0 saturated heterocycles. The first-order valence-corrected chi connectivity index (χ1v) is 6.55. The van der Waals surface area contributed by atoms with Crippen molar-refractivity contribution < 1.29 is 9.84 Å². The molecule has 0 aromatic heterocycles. The van der Waals surface area contributed by atoms with Crippen LogP contribution < -0.4 is 5.32 Å². The molecule has 0 amide bonds. The van der Waals surface area contributed by atoms with E-state index < -0.39 is 5.60 Å². The van der Waals surface area contributed by atoms with Crippen LogP contribution in [0.25, 0.3) is 0 Å². The molecular weight excluding hydrogens is 238 g/mol. The number of ether oxygens (including phenoxy) is 1. The summed E-state index contributed by atoms with van der Waals surface area (Å²) in [5, 5.41) is 14.2. The van der Waals surface area contributed by atoms with E-state index in [1.807, 2.05) is 43.5 Å². The Morgan fingerprint density at radius 1 is 1.37 bits per heavy atom. The van der Waals surface area contributed by atoms with Crippen LogP contribution in [0.15, 0.2) is 54.3 Å². The van der Waals surface area contributed by atoms with E-state index >= 15 is 0 Å². The molecule has 3 heteroatoms. The lowest BCUT2D eigenvalue weighted by Gasteiger charge is -2.37. The standard InChI is InChI=1S/C16H21NO2/c1-17-14(12-13-8-4-3-5-9-13)16(18)11-7-6-10-15(16)19-2/h3-10,14,17-18H,11-12H2,1-2H3. The van der Waals surface area contributed by atoms with Gasteiger partial charge in [-0.3, -0.25) is 0 Å². The number of allylic oxidation sites excluding steroid dienone is 2. The average molecular weight is 259 g/mol. The molecule has 0 radical (unpaired) electrons. The zero-order valence-electron chi connectivity index (χ0n) is 11.5. The second-order valence-corrected chi connectivity index (χ2v) is 4.82. The number of benzene rings is 1. The summed E-state index contributed by atoms with van der Waals surface area (Å²) in [5.74, 6) is 0.616. The minimum Gasteiger partial charge on any atom is -0.498 e. The number of rotatable bonds is 5. The van der Waals surface area contributed by atoms with E-state index in [-0.39, 0.29) is 6.04 Å². The molecule has 1 aromatic rings. The number of nitrogens with one attached hydrogen (secondary N) is 1. The third-order valence-corrected chi connectivity index (χ3v) is 3.67. The normalized spacial score (nSPS) is 23.8. The largest absolute Gasteiger partial charge is 0.498 e. The van der Waals surface area contributed by atoms with Crippen LogP contribution in [-0.4, -0.2) is 30.9 Å². The monoisotopic (exact) mass is 259 g/mol. The molecule has 0 fully saturated rings. The predicted molar refractivity (Wildman–Crippen MR) is 76.8 cm³/mol. The summed E-state index contributed by atoms with van der Waals surface area (Å²) in [4.78, 5) is 0. The highest BCUT2D eigenvalue weighted by atomic mass is 16.5. The van der Waals surface area contributed by atoms with Gasteiger partial charge in [0.1, 0.15) is 11.4 Å². The fraction of sp³-hybridized carbons (Fsp3) is 0.375. The molecule has 2 rings (SSSR count). The molecule has 0 spiro atoms. The number of aliphatic hydroxyl groups is 1. The van der Waals surface area contributed by atoms with E-state index in [0.29, 0.717) is 12.2 Å². The van der Waals surface area contributed by atoms with Crippen LogP contribution in [0.1, 0.15) is 12.0 Å². The van der Waals surface area contributed by atoms with Crippen molar-refractivity contribution >= 4 is 0 Å². The van der Waals surface area contributed by atoms with Gasteiger partial charge in [-0.05, 0) is 25.1 Å². The van der Waals surface area contributed by atoms with E-state index in [9.17, 15) is 5.11 Å². The van der Waals surface area contributed by atoms with Crippen LogP contribution in [0.2, 0.25) is 0 Å². The zero-order valence-corrected chi connectivity index (χ0v) is 11.5. The van der Waals surface area contributed by atoms with Crippen LogP contribution in [0, 0.1) is 0 Å². The molecule has 102 valence electrons. The van der Waals surface area contributed by atoms with Crippen molar-refractivity contribution in [3.05, 3.63) is 59.9 Å². The van der Waals surface area contributed by atoms with Crippen molar-refractivity contribution in [2.24, 2.45) is 0 Å². The van der Waals surface area contributed by atoms with Crippen LogP contribution in [0.3, 0.4) is 0 Å². The Balaban J connectivity index is 2.21. The number of likely N-dealkylation sites (N-methyl/N-ethyl adjacent to an activating group) is 1. The summed E-state index contributed by atoms with van der Waals surface area (Å²) in [6.45, 7) is 0. The highest BCUT2D eigenvalue weighted by molar-refractivity contribution is 5.28. The lowest BCUT2D eigenvalue weighted by molar-refractivity contribution is -0.00694. The first-order chi connectivity index (χ1) is 9.20. The minimum absolute atomic E-state index is 0.0916. The number of hydrogen-bond acceptors (Lipinski definition) is 3. The first kappa shape index (κ1) is 13.8. The quantitative estimate of drug-likeness (QED) is 0.850. The van der Waals surface area contributed by atoms with Crippen LogP contribution in [0.5, 0.6) is 0 Å². The van der Waals surface area contributed by atoms with E-state index in [1.165, 1.54) is 5.56 Å². The van der Waals surface area contributed by atoms with Gasteiger partial charge in [-0.15, -0.1) is 0 Å². The molecule has 3 nitrogen and oxygen atoms in total. The molecule has 1 aromatic carbocycles. The van der Waals surface area contributed by atoms with Crippen molar-refractivity contribution in [3.63, 3.8) is 0 Å². The lowest BCUT2D eigenvalue weighted by atomic mass is 9.82. The molecule has 0 saturated carbocycles. The van der Waals surface area contributed by atoms with Gasteiger partial charge in [-0.1, -0.05) is 42.5 Å². The maximum Gasteiger partial charge on any atom is 0.140 e. The maximum absolute atomic E-state index is 10.9. The van der Waals surface area contributed by atoms with Gasteiger partial charge in [0.15, 0.2) is 0 Å². The van der Waals surface area contributed by atoms with Gasteiger partial charge in [-0.2, -0.15) is 0 Å². The predicted octanol–water partition coefficient (Wildman–Crippen LogP) is 2.04. The summed E-state index contributed by atoms with van der Waals surface area (Å²) < 4.78 is 5.35. The molecule has 1 aliphatic rings. The highest BCUT2D eigenvalue weighted by Crippen LogP contribution is 2.31. The Bertz CT molecular complexity index is 467. The van der Waals surface area contributed by atoms with E-state index in [0.717, 1.165) is 6.42 Å². The molecule has 0 heterocycles. The van der Waals surface area contributed by atoms with Crippen LogP contribution in [-0.2, 0) is 11.2 Å². The first-order valence-electron chi connectivity index (χ1n) is 6.55. The third kappa shape index (κ3) is 2.88. The smallest absolute Gasteiger partial charge is 0.140 e. The Kier molecular flexibility index (Phi) is 4.40. The maximum atomic E-state index is 10.9. The lowest BCUT2D eigenvalue weighted by Crippen LogP contribution is -2.52. The Labute approximate surface area is 114 Å². The van der Waals surface area contributed by atoms with Crippen molar-refractivity contribution in [3.8, 4) is 0 Å². The highest BCUT2D eigenvalue weighted by Gasteiger charge is 2.40. The van der Waals surface area contributed by atoms with Gasteiger partial charge in [0, 0.05) is 12.5 Å². The van der Waals surface area contributed by atoms with Crippen LogP contribution >= 0.6 is 0 Å². The van der Waals surface area contributed by atoms with Crippen molar-refractivity contribution in [1.29, 1.82) is 0 Å². The minimum atomic E-state index is -0.992. The number of hydrogen-bond donors (Lipinski definition) is 2. The second-order valence-electron chi connectivity index (χ2n) is 4.82. The molecule has 19 heavy (non-hydrogen) atoms. The zero-order chi connectivity index (χ0) is 13.7. The van der Waals surface area contributed by atoms with Crippen LogP contribution in [0.4, 0.5) is 0 Å². The Hall–Kier alpha value is -1.58. The van der Waals surface area contributed by atoms with Gasteiger partial charge < -0.3 is 15.2 Å². The Morgan fingerprint density at radius 2 is 2.11 bits per heavy atom. The van der Waals surface area contributed by atoms with E-state index in [4.69, 9.17) is 4.74 Å². The molecular formula is C16H21NO2. The summed E-state index contributed by atoms with van der Waals surface area (Å²) in [6.07, 6.45) is 7.03. The Morgan fingerprint density at radius 3 is 2.74 bits per heavy atom. The molecule has 2 N–H and O–H groups in total. The molecule has 2 unspecified atom stereocenters. The van der Waals surface area contributed by atoms with Crippen molar-refractivity contribution in [2.45, 2.75) is 24.5 Å².